The molecule has 0 heterocycles. The minimum Gasteiger partial charge on any atom is -0.167 e. The van der Waals surface area contributed by atoms with E-state index in [2.05, 4.69) is 19.6 Å². The first-order valence-electron chi connectivity index (χ1n) is 1.77. The highest BCUT2D eigenvalue weighted by Crippen LogP contribution is 2.20. The van der Waals surface area contributed by atoms with Gasteiger partial charge in [-0.3, -0.25) is 0 Å². The molecule has 0 spiro atoms. The van der Waals surface area contributed by atoms with Crippen LogP contribution in [0.4, 0.5) is 0 Å². The van der Waals surface area contributed by atoms with Crippen molar-refractivity contribution in [2.75, 3.05) is 10.8 Å². The Balaban J connectivity index is 2.34. The second kappa shape index (κ2) is 6.05. The molecule has 0 rings (SSSR count). The molecule has 0 aromatic rings. The standard InChI is InChI=1S/C3H8S3/c1-2-5-6-3-4/h4H,2-3H2,1H3. The molecule has 0 saturated carbocycles. The highest BCUT2D eigenvalue weighted by molar-refractivity contribution is 8.77. The lowest BCUT2D eigenvalue weighted by atomic mass is 11.0. The molecular weight excluding hydrogens is 132 g/mol. The van der Waals surface area contributed by atoms with Crippen molar-refractivity contribution in [3.05, 3.63) is 0 Å². The molecule has 6 heavy (non-hydrogen) atoms. The second-order valence-corrected chi connectivity index (χ2v) is 4.15. The Kier molecular flexibility index (Phi) is 7.11. The fourth-order valence-electron chi connectivity index (χ4n) is 0.121. The van der Waals surface area contributed by atoms with Crippen LogP contribution in [0, 0.1) is 0 Å². The number of hydrogen-bond donors (Lipinski definition) is 1. The summed E-state index contributed by atoms with van der Waals surface area (Å²) >= 11 is 4.00. The summed E-state index contributed by atoms with van der Waals surface area (Å²) in [6.07, 6.45) is 0. The Hall–Kier alpha value is 1.05. The van der Waals surface area contributed by atoms with E-state index < -0.39 is 0 Å². The van der Waals surface area contributed by atoms with Crippen molar-refractivity contribution >= 4 is 34.2 Å². The molecule has 0 amide bonds. The third-order valence-corrected chi connectivity index (χ3v) is 3.23. The SMILES string of the molecule is CCSSCS. The van der Waals surface area contributed by atoms with Crippen molar-refractivity contribution in [1.29, 1.82) is 0 Å². The van der Waals surface area contributed by atoms with E-state index in [1.165, 1.54) is 5.75 Å². The lowest BCUT2D eigenvalue weighted by Crippen LogP contribution is -1.56. The molecule has 0 unspecified atom stereocenters. The molecule has 0 atom stereocenters. The van der Waals surface area contributed by atoms with Crippen molar-refractivity contribution in [3.63, 3.8) is 0 Å². The zero-order valence-corrected chi connectivity index (χ0v) is 6.21. The molecule has 0 nitrogen and oxygen atoms in total. The molecule has 0 radical (unpaired) electrons. The fourth-order valence-corrected chi connectivity index (χ4v) is 1.76. The van der Waals surface area contributed by atoms with Gasteiger partial charge in [0.1, 0.15) is 0 Å². The molecule has 0 aromatic carbocycles. The van der Waals surface area contributed by atoms with Crippen LogP contribution in [0.25, 0.3) is 0 Å². The Morgan fingerprint density at radius 1 is 1.50 bits per heavy atom. The first kappa shape index (κ1) is 7.05. The van der Waals surface area contributed by atoms with Crippen LogP contribution in [-0.2, 0) is 0 Å². The van der Waals surface area contributed by atoms with Gasteiger partial charge in [-0.05, 0) is 0 Å². The van der Waals surface area contributed by atoms with Gasteiger partial charge in [-0.1, -0.05) is 28.5 Å². The molecule has 0 aromatic heterocycles. The zero-order valence-electron chi connectivity index (χ0n) is 3.68. The van der Waals surface area contributed by atoms with Crippen molar-refractivity contribution in [3.8, 4) is 0 Å². The van der Waals surface area contributed by atoms with Gasteiger partial charge in [0, 0.05) is 10.8 Å². The summed E-state index contributed by atoms with van der Waals surface area (Å²) in [5, 5.41) is 0.929. The van der Waals surface area contributed by atoms with Crippen LogP contribution >= 0.6 is 34.2 Å². The third-order valence-electron chi connectivity index (χ3n) is 0.254. The van der Waals surface area contributed by atoms with Gasteiger partial charge in [-0.15, -0.1) is 0 Å². The number of rotatable bonds is 3. The predicted octanol–water partition coefficient (Wildman–Crippen LogP) is 2.28. The predicted molar refractivity (Wildman–Crippen MR) is 39.6 cm³/mol. The Labute approximate surface area is 52.3 Å². The van der Waals surface area contributed by atoms with Crippen LogP contribution in [0.5, 0.6) is 0 Å². The van der Waals surface area contributed by atoms with Crippen LogP contribution in [0.1, 0.15) is 6.92 Å². The molecule has 3 heteroatoms. The average molecular weight is 140 g/mol. The van der Waals surface area contributed by atoms with Crippen molar-refractivity contribution in [1.82, 2.24) is 0 Å². The monoisotopic (exact) mass is 140 g/mol. The van der Waals surface area contributed by atoms with E-state index >= 15 is 0 Å². The van der Waals surface area contributed by atoms with Crippen LogP contribution in [0.15, 0.2) is 0 Å². The largest absolute Gasteiger partial charge is 0.167 e. The summed E-state index contributed by atoms with van der Waals surface area (Å²) in [6, 6.07) is 0. The number of thiol groups is 1. The van der Waals surface area contributed by atoms with Crippen molar-refractivity contribution < 1.29 is 0 Å². The summed E-state index contributed by atoms with van der Waals surface area (Å²) in [7, 11) is 3.64. The Morgan fingerprint density at radius 3 is 2.33 bits per heavy atom. The van der Waals surface area contributed by atoms with E-state index in [9.17, 15) is 0 Å². The summed E-state index contributed by atoms with van der Waals surface area (Å²) in [4.78, 5) is 0. The average Bonchev–Trinajstić information content (AvgIpc) is 1.61. The van der Waals surface area contributed by atoms with Gasteiger partial charge in [0.15, 0.2) is 0 Å². The van der Waals surface area contributed by atoms with Gasteiger partial charge in [-0.2, -0.15) is 12.6 Å². The van der Waals surface area contributed by atoms with Crippen LogP contribution in [0.2, 0.25) is 0 Å². The molecule has 0 saturated heterocycles. The van der Waals surface area contributed by atoms with E-state index in [0.29, 0.717) is 0 Å². The minimum atomic E-state index is 0.929. The Bertz CT molecular complexity index is 18.0. The molecule has 0 fully saturated rings. The van der Waals surface area contributed by atoms with Gasteiger partial charge < -0.3 is 0 Å². The maximum atomic E-state index is 4.00. The van der Waals surface area contributed by atoms with E-state index in [0.717, 1.165) is 5.08 Å². The van der Waals surface area contributed by atoms with Gasteiger partial charge in [-0.25, -0.2) is 0 Å². The van der Waals surface area contributed by atoms with Crippen LogP contribution in [0.3, 0.4) is 0 Å². The highest BCUT2D eigenvalue weighted by atomic mass is 33.1. The van der Waals surface area contributed by atoms with Crippen LogP contribution < -0.4 is 0 Å². The van der Waals surface area contributed by atoms with E-state index in [1.54, 1.807) is 10.8 Å². The van der Waals surface area contributed by atoms with Crippen molar-refractivity contribution in [2.45, 2.75) is 6.92 Å². The van der Waals surface area contributed by atoms with E-state index in [4.69, 9.17) is 0 Å². The summed E-state index contributed by atoms with van der Waals surface area (Å²) in [5.74, 6) is 1.19. The van der Waals surface area contributed by atoms with Gasteiger partial charge in [0.2, 0.25) is 0 Å². The van der Waals surface area contributed by atoms with Crippen molar-refractivity contribution in [2.24, 2.45) is 0 Å². The molecule has 0 aliphatic rings. The van der Waals surface area contributed by atoms with Gasteiger partial charge in [0.05, 0.1) is 0 Å². The Morgan fingerprint density at radius 2 is 2.17 bits per heavy atom. The first-order valence-corrected chi connectivity index (χ1v) is 4.89. The van der Waals surface area contributed by atoms with E-state index in [-0.39, 0.29) is 0 Å². The van der Waals surface area contributed by atoms with Gasteiger partial charge in [0.25, 0.3) is 0 Å². The van der Waals surface area contributed by atoms with Gasteiger partial charge >= 0.3 is 0 Å². The molecule has 0 aliphatic carbocycles. The maximum absolute atomic E-state index is 4.00. The third kappa shape index (κ3) is 5.05. The lowest BCUT2D eigenvalue weighted by Gasteiger charge is -1.85. The molecule has 38 valence electrons. The minimum absolute atomic E-state index is 0.929. The summed E-state index contributed by atoms with van der Waals surface area (Å²) in [6.45, 7) is 2.14. The maximum Gasteiger partial charge on any atom is 0.0465 e. The normalized spacial score (nSPS) is 9.00. The van der Waals surface area contributed by atoms with E-state index in [1.807, 2.05) is 10.8 Å². The quantitative estimate of drug-likeness (QED) is 0.276. The molecule has 0 N–H and O–H groups in total. The number of hydrogen-bond acceptors (Lipinski definition) is 3. The lowest BCUT2D eigenvalue weighted by molar-refractivity contribution is 1.54. The smallest absolute Gasteiger partial charge is 0.0465 e. The molecule has 0 aliphatic heterocycles. The topological polar surface area (TPSA) is 0 Å². The zero-order chi connectivity index (χ0) is 4.83. The molecular formula is C3H8S3. The fraction of sp³-hybridized carbons (Fsp3) is 1.00. The summed E-state index contributed by atoms with van der Waals surface area (Å²) < 4.78 is 0. The second-order valence-electron chi connectivity index (χ2n) is 0.653. The molecule has 0 bridgehead atoms. The van der Waals surface area contributed by atoms with Crippen LogP contribution in [-0.4, -0.2) is 10.8 Å². The first-order chi connectivity index (χ1) is 2.91. The highest BCUT2D eigenvalue weighted by Gasteiger charge is 1.75. The summed E-state index contributed by atoms with van der Waals surface area (Å²) in [5.41, 5.74) is 0.